The van der Waals surface area contributed by atoms with Gasteiger partial charge in [-0.05, 0) is 42.7 Å². The molecule has 1 aliphatic rings. The van der Waals surface area contributed by atoms with Crippen LogP contribution >= 0.6 is 0 Å². The molecule has 1 unspecified atom stereocenters. The van der Waals surface area contributed by atoms with E-state index in [1.54, 1.807) is 53.4 Å². The number of hydrogen-bond acceptors (Lipinski definition) is 4. The van der Waals surface area contributed by atoms with E-state index in [4.69, 9.17) is 9.47 Å². The van der Waals surface area contributed by atoms with Crippen molar-refractivity contribution in [3.8, 4) is 5.75 Å². The molecule has 1 saturated carbocycles. The molecule has 0 spiro atoms. The molecule has 0 aliphatic heterocycles. The summed E-state index contributed by atoms with van der Waals surface area (Å²) in [6.07, 6.45) is 9.23. The fraction of sp³-hybridized carbons (Fsp3) is 0.357. The summed E-state index contributed by atoms with van der Waals surface area (Å²) in [5, 5.41) is 0. The number of benzene rings is 2. The number of halogens is 1. The molecule has 1 aliphatic carbocycles. The number of hydrogen-bond donors (Lipinski definition) is 0. The van der Waals surface area contributed by atoms with Crippen LogP contribution in [-0.4, -0.2) is 23.4 Å². The van der Waals surface area contributed by atoms with Gasteiger partial charge in [0.25, 0.3) is 0 Å². The first-order valence-electron chi connectivity index (χ1n) is 11.8. The average molecular weight is 464 g/mol. The first-order chi connectivity index (χ1) is 16.5. The van der Waals surface area contributed by atoms with Gasteiger partial charge in [-0.15, -0.1) is 0 Å². The summed E-state index contributed by atoms with van der Waals surface area (Å²) in [7, 11) is 1.37. The van der Waals surface area contributed by atoms with E-state index in [0.717, 1.165) is 31.2 Å². The van der Waals surface area contributed by atoms with E-state index < -0.39 is 6.04 Å². The minimum absolute atomic E-state index is 0.0816. The van der Waals surface area contributed by atoms with Gasteiger partial charge in [-0.2, -0.15) is 0 Å². The maximum absolute atomic E-state index is 13.8. The first-order valence-corrected chi connectivity index (χ1v) is 11.8. The van der Waals surface area contributed by atoms with Crippen molar-refractivity contribution in [1.29, 1.82) is 0 Å². The third-order valence-corrected chi connectivity index (χ3v) is 6.51. The lowest BCUT2D eigenvalue weighted by molar-refractivity contribution is -0.144. The molecule has 0 N–H and O–H groups in total. The second-order valence-electron chi connectivity index (χ2n) is 8.81. The summed E-state index contributed by atoms with van der Waals surface area (Å²) in [5.74, 6) is 0.194. The molecule has 1 heterocycles. The largest absolute Gasteiger partial charge is 0.489 e. The molecule has 4 rings (SSSR count). The molecule has 1 atom stereocenters. The van der Waals surface area contributed by atoms with E-state index in [0.29, 0.717) is 23.3 Å². The zero-order valence-electron chi connectivity index (χ0n) is 19.4. The van der Waals surface area contributed by atoms with Crippen LogP contribution in [0.1, 0.15) is 59.6 Å². The Morgan fingerprint density at radius 1 is 1.03 bits per heavy atom. The van der Waals surface area contributed by atoms with Gasteiger partial charge in [0.1, 0.15) is 24.2 Å². The van der Waals surface area contributed by atoms with Crippen molar-refractivity contribution in [2.24, 2.45) is 5.92 Å². The third-order valence-electron chi connectivity index (χ3n) is 6.51. The summed E-state index contributed by atoms with van der Waals surface area (Å²) < 4.78 is 26.3. The highest BCUT2D eigenvalue weighted by molar-refractivity contribution is 5.97. The Balaban J connectivity index is 1.42. The first kappa shape index (κ1) is 23.7. The number of methoxy groups -OCH3 is 1. The molecule has 6 heteroatoms. The molecule has 34 heavy (non-hydrogen) atoms. The Labute approximate surface area is 199 Å². The fourth-order valence-electron chi connectivity index (χ4n) is 4.52. The van der Waals surface area contributed by atoms with Gasteiger partial charge in [0.2, 0.25) is 0 Å². The molecule has 5 nitrogen and oxygen atoms in total. The molecule has 0 saturated heterocycles. The van der Waals surface area contributed by atoms with Crippen molar-refractivity contribution in [2.45, 2.75) is 51.2 Å². The molecular weight excluding hydrogens is 433 g/mol. The van der Waals surface area contributed by atoms with Crippen LogP contribution in [0.3, 0.4) is 0 Å². The number of ether oxygens (including phenoxy) is 2. The zero-order chi connectivity index (χ0) is 23.9. The maximum atomic E-state index is 13.8. The van der Waals surface area contributed by atoms with Gasteiger partial charge < -0.3 is 14.0 Å². The molecule has 0 radical (unpaired) electrons. The van der Waals surface area contributed by atoms with E-state index in [9.17, 15) is 14.0 Å². The average Bonchev–Trinajstić information content (AvgIpc) is 3.37. The highest BCUT2D eigenvalue weighted by atomic mass is 19.1. The highest BCUT2D eigenvalue weighted by Gasteiger charge is 2.26. The van der Waals surface area contributed by atoms with Crippen LogP contribution in [0.4, 0.5) is 4.39 Å². The van der Waals surface area contributed by atoms with Gasteiger partial charge in [0.05, 0.1) is 7.11 Å². The number of rotatable bonds is 9. The Morgan fingerprint density at radius 2 is 1.76 bits per heavy atom. The zero-order valence-corrected chi connectivity index (χ0v) is 19.4. The molecule has 0 amide bonds. The number of ketones is 1. The van der Waals surface area contributed by atoms with Gasteiger partial charge >= 0.3 is 5.97 Å². The van der Waals surface area contributed by atoms with Crippen molar-refractivity contribution in [2.75, 3.05) is 7.11 Å². The van der Waals surface area contributed by atoms with Crippen LogP contribution in [0.5, 0.6) is 5.75 Å². The van der Waals surface area contributed by atoms with Crippen LogP contribution in [0.25, 0.3) is 0 Å². The van der Waals surface area contributed by atoms with Crippen LogP contribution in [-0.2, 0) is 22.6 Å². The van der Waals surface area contributed by atoms with E-state index in [-0.39, 0.29) is 30.1 Å². The normalized spacial score (nSPS) is 15.0. The monoisotopic (exact) mass is 463 g/mol. The lowest BCUT2D eigenvalue weighted by Gasteiger charge is -2.20. The molecule has 0 bridgehead atoms. The topological polar surface area (TPSA) is 57.5 Å². The summed E-state index contributed by atoms with van der Waals surface area (Å²) in [4.78, 5) is 25.5. The smallest absolute Gasteiger partial charge is 0.329 e. The number of esters is 1. The molecular formula is C28H30FNO4. The summed E-state index contributed by atoms with van der Waals surface area (Å²) >= 11 is 0. The van der Waals surface area contributed by atoms with E-state index >= 15 is 0 Å². The van der Waals surface area contributed by atoms with Crippen LogP contribution in [0.15, 0.2) is 67.0 Å². The van der Waals surface area contributed by atoms with Crippen molar-refractivity contribution in [3.63, 3.8) is 0 Å². The number of carbonyl (C=O) groups excluding carboxylic acids is 2. The van der Waals surface area contributed by atoms with Crippen molar-refractivity contribution < 1.29 is 23.5 Å². The van der Waals surface area contributed by atoms with Crippen LogP contribution in [0, 0.1) is 11.7 Å². The molecule has 2 aromatic carbocycles. The summed E-state index contributed by atoms with van der Waals surface area (Å²) in [6.45, 7) is 0.137. The minimum Gasteiger partial charge on any atom is -0.489 e. The predicted molar refractivity (Wildman–Crippen MR) is 127 cm³/mol. The van der Waals surface area contributed by atoms with Crippen LogP contribution in [0.2, 0.25) is 0 Å². The number of Topliss-reactive ketones (excluding diaryl/α,β-unsaturated/α-hetero) is 1. The van der Waals surface area contributed by atoms with E-state index in [1.807, 2.05) is 12.1 Å². The molecule has 3 aromatic rings. The third kappa shape index (κ3) is 5.74. The van der Waals surface area contributed by atoms with Gasteiger partial charge in [0.15, 0.2) is 5.78 Å². The Hall–Kier alpha value is -3.41. The highest BCUT2D eigenvalue weighted by Crippen LogP contribution is 2.28. The number of aromatic nitrogens is 1. The second kappa shape index (κ2) is 11.1. The van der Waals surface area contributed by atoms with Crippen molar-refractivity contribution in [3.05, 3.63) is 89.5 Å². The van der Waals surface area contributed by atoms with E-state index in [1.165, 1.54) is 19.6 Å². The quantitative estimate of drug-likeness (QED) is 0.292. The van der Waals surface area contributed by atoms with Gasteiger partial charge in [0, 0.05) is 35.9 Å². The van der Waals surface area contributed by atoms with Gasteiger partial charge in [-0.3, -0.25) is 4.79 Å². The lowest BCUT2D eigenvalue weighted by atomic mass is 9.84. The summed E-state index contributed by atoms with van der Waals surface area (Å²) in [6, 6.07) is 15.1. The molecule has 178 valence electrons. The Bertz CT molecular complexity index is 1120. The SMILES string of the molecule is COC(=O)C(Cc1ccc(OCc2ccccc2F)cc1)n1ccc(C(=O)C2CCCCC2)c1. The summed E-state index contributed by atoms with van der Waals surface area (Å²) in [5.41, 5.74) is 2.06. The molecule has 1 fully saturated rings. The number of nitrogens with zero attached hydrogens (tertiary/aromatic N) is 1. The number of carbonyl (C=O) groups is 2. The van der Waals surface area contributed by atoms with Gasteiger partial charge in [-0.1, -0.05) is 49.6 Å². The van der Waals surface area contributed by atoms with E-state index in [2.05, 4.69) is 0 Å². The second-order valence-corrected chi connectivity index (χ2v) is 8.81. The van der Waals surface area contributed by atoms with Crippen molar-refractivity contribution in [1.82, 2.24) is 4.57 Å². The minimum atomic E-state index is -0.580. The predicted octanol–water partition coefficient (Wildman–Crippen LogP) is 5.93. The molecule has 1 aromatic heterocycles. The Kier molecular flexibility index (Phi) is 7.78. The van der Waals surface area contributed by atoms with Gasteiger partial charge in [-0.25, -0.2) is 9.18 Å². The lowest BCUT2D eigenvalue weighted by Crippen LogP contribution is -2.22. The maximum Gasteiger partial charge on any atom is 0.329 e. The van der Waals surface area contributed by atoms with Crippen LogP contribution < -0.4 is 4.74 Å². The van der Waals surface area contributed by atoms with Crippen molar-refractivity contribution >= 4 is 11.8 Å². The Morgan fingerprint density at radius 3 is 2.47 bits per heavy atom. The standard InChI is InChI=1S/C28H30FNO4/c1-33-28(32)26(30-16-15-22(18-30)27(31)21-7-3-2-4-8-21)17-20-11-13-24(14-12-20)34-19-23-9-5-6-10-25(23)29/h5-6,9-16,18,21,26H,2-4,7-8,17,19H2,1H3. The fourth-order valence-corrected chi connectivity index (χ4v) is 4.52.